The first-order chi connectivity index (χ1) is 6.86. The van der Waals surface area contributed by atoms with Crippen LogP contribution in [0.4, 0.5) is 0 Å². The molecule has 0 saturated carbocycles. The minimum Gasteiger partial charge on any atom is -0.396 e. The van der Waals surface area contributed by atoms with E-state index >= 15 is 0 Å². The monoisotopic (exact) mass is 193 g/mol. The standard InChI is InChI=1S/C10H15N3O/c14-5-7-1-8-2-9-10(12-6-11-9)4-13(8)3-7/h6-8,14H,1-5H2,(H,11,12)/t7-,8+/m0/s1. The SMILES string of the molecule is OC[C@H]1C[C@@H]2Cc3nc[nH]c3CN2C1. The molecule has 2 N–H and O–H groups in total. The Morgan fingerprint density at radius 2 is 2.57 bits per heavy atom. The third-order valence-electron chi connectivity index (χ3n) is 3.47. The van der Waals surface area contributed by atoms with E-state index in [-0.39, 0.29) is 0 Å². The first kappa shape index (κ1) is 8.44. The number of aliphatic hydroxyl groups excluding tert-OH is 1. The molecule has 0 unspecified atom stereocenters. The molecule has 14 heavy (non-hydrogen) atoms. The van der Waals surface area contributed by atoms with Gasteiger partial charge in [0.15, 0.2) is 0 Å². The van der Waals surface area contributed by atoms with E-state index < -0.39 is 0 Å². The Kier molecular flexibility index (Phi) is 1.85. The molecule has 1 fully saturated rings. The predicted molar refractivity (Wildman–Crippen MR) is 51.7 cm³/mol. The molecule has 2 atom stereocenters. The van der Waals surface area contributed by atoms with E-state index in [0.717, 1.165) is 25.9 Å². The van der Waals surface area contributed by atoms with Gasteiger partial charge in [0, 0.05) is 32.2 Å². The molecule has 1 aromatic heterocycles. The normalized spacial score (nSPS) is 31.5. The van der Waals surface area contributed by atoms with Crippen LogP contribution < -0.4 is 0 Å². The summed E-state index contributed by atoms with van der Waals surface area (Å²) in [5, 5.41) is 9.13. The predicted octanol–water partition coefficient (Wildman–Crippen LogP) is 0.149. The fraction of sp³-hybridized carbons (Fsp3) is 0.700. The maximum Gasteiger partial charge on any atom is 0.0925 e. The highest BCUT2D eigenvalue weighted by Crippen LogP contribution is 2.31. The summed E-state index contributed by atoms with van der Waals surface area (Å²) >= 11 is 0. The second kappa shape index (κ2) is 3.07. The fourth-order valence-corrected chi connectivity index (χ4v) is 2.72. The summed E-state index contributed by atoms with van der Waals surface area (Å²) in [5.74, 6) is 0.476. The molecule has 4 nitrogen and oxygen atoms in total. The van der Waals surface area contributed by atoms with E-state index in [1.54, 1.807) is 6.33 Å². The minimum atomic E-state index is 0.328. The maximum atomic E-state index is 9.13. The van der Waals surface area contributed by atoms with Gasteiger partial charge in [-0.2, -0.15) is 0 Å². The summed E-state index contributed by atoms with van der Waals surface area (Å²) in [6.07, 6.45) is 3.97. The van der Waals surface area contributed by atoms with Crippen molar-refractivity contribution in [1.29, 1.82) is 0 Å². The fourth-order valence-electron chi connectivity index (χ4n) is 2.72. The van der Waals surface area contributed by atoms with Crippen LogP contribution in [0.15, 0.2) is 6.33 Å². The largest absolute Gasteiger partial charge is 0.396 e. The summed E-state index contributed by atoms with van der Waals surface area (Å²) in [4.78, 5) is 9.97. The Balaban J connectivity index is 1.82. The third kappa shape index (κ3) is 1.18. The van der Waals surface area contributed by atoms with Gasteiger partial charge in [0.1, 0.15) is 0 Å². The van der Waals surface area contributed by atoms with Gasteiger partial charge >= 0.3 is 0 Å². The average molecular weight is 193 g/mol. The van der Waals surface area contributed by atoms with Crippen molar-refractivity contribution in [2.24, 2.45) is 5.92 Å². The lowest BCUT2D eigenvalue weighted by Crippen LogP contribution is -2.35. The lowest BCUT2D eigenvalue weighted by molar-refractivity contribution is 0.203. The molecule has 2 aliphatic rings. The summed E-state index contributed by atoms with van der Waals surface area (Å²) in [6, 6.07) is 0.614. The second-order valence-electron chi connectivity index (χ2n) is 4.40. The number of rotatable bonds is 1. The molecule has 2 aliphatic heterocycles. The molecule has 0 bridgehead atoms. The Hall–Kier alpha value is -0.870. The quantitative estimate of drug-likeness (QED) is 0.667. The molecular formula is C10H15N3O. The topological polar surface area (TPSA) is 52.2 Å². The first-order valence-electron chi connectivity index (χ1n) is 5.23. The number of imidazole rings is 1. The maximum absolute atomic E-state index is 9.13. The van der Waals surface area contributed by atoms with Crippen LogP contribution in [0, 0.1) is 5.92 Å². The van der Waals surface area contributed by atoms with E-state index in [1.807, 2.05) is 0 Å². The van der Waals surface area contributed by atoms with Gasteiger partial charge in [-0.3, -0.25) is 4.90 Å². The van der Waals surface area contributed by atoms with Crippen molar-refractivity contribution in [3.8, 4) is 0 Å². The number of nitrogens with zero attached hydrogens (tertiary/aromatic N) is 2. The molecule has 3 heterocycles. The lowest BCUT2D eigenvalue weighted by atomic mass is 10.0. The highest BCUT2D eigenvalue weighted by molar-refractivity contribution is 5.17. The average Bonchev–Trinajstić information content (AvgIpc) is 2.77. The molecule has 0 spiro atoms. The molecule has 1 aromatic rings. The number of hydrogen-bond donors (Lipinski definition) is 2. The van der Waals surface area contributed by atoms with Crippen LogP contribution in [-0.2, 0) is 13.0 Å². The summed E-state index contributed by atoms with van der Waals surface area (Å²) in [5.41, 5.74) is 2.49. The van der Waals surface area contributed by atoms with Gasteiger partial charge in [0.2, 0.25) is 0 Å². The number of hydrogen-bond acceptors (Lipinski definition) is 3. The molecule has 3 rings (SSSR count). The van der Waals surface area contributed by atoms with Crippen LogP contribution in [0.5, 0.6) is 0 Å². The van der Waals surface area contributed by atoms with Crippen molar-refractivity contribution in [2.45, 2.75) is 25.4 Å². The number of aromatic amines is 1. The zero-order valence-corrected chi connectivity index (χ0v) is 8.11. The first-order valence-corrected chi connectivity index (χ1v) is 5.23. The number of nitrogens with one attached hydrogen (secondary N) is 1. The van der Waals surface area contributed by atoms with Gasteiger partial charge in [-0.25, -0.2) is 4.98 Å². The zero-order chi connectivity index (χ0) is 9.54. The number of H-pyrrole nitrogens is 1. The number of fused-ring (bicyclic) bond motifs is 2. The Morgan fingerprint density at radius 3 is 3.43 bits per heavy atom. The summed E-state index contributed by atoms with van der Waals surface area (Å²) in [6.45, 7) is 2.35. The number of aliphatic hydroxyl groups is 1. The van der Waals surface area contributed by atoms with Crippen molar-refractivity contribution in [3.63, 3.8) is 0 Å². The van der Waals surface area contributed by atoms with Crippen LogP contribution in [-0.4, -0.2) is 39.2 Å². The smallest absolute Gasteiger partial charge is 0.0925 e. The van der Waals surface area contributed by atoms with E-state index in [4.69, 9.17) is 5.11 Å². The van der Waals surface area contributed by atoms with E-state index in [1.165, 1.54) is 11.4 Å². The Bertz CT molecular complexity index is 307. The van der Waals surface area contributed by atoms with E-state index in [2.05, 4.69) is 14.9 Å². The molecule has 0 radical (unpaired) electrons. The highest BCUT2D eigenvalue weighted by atomic mass is 16.3. The zero-order valence-electron chi connectivity index (χ0n) is 8.11. The number of aromatic nitrogens is 2. The van der Waals surface area contributed by atoms with Gasteiger partial charge in [-0.15, -0.1) is 0 Å². The van der Waals surface area contributed by atoms with Crippen molar-refractivity contribution >= 4 is 0 Å². The van der Waals surface area contributed by atoms with Crippen molar-refractivity contribution < 1.29 is 5.11 Å². The minimum absolute atomic E-state index is 0.328. The highest BCUT2D eigenvalue weighted by Gasteiger charge is 2.35. The van der Waals surface area contributed by atoms with Gasteiger partial charge < -0.3 is 10.1 Å². The summed E-state index contributed by atoms with van der Waals surface area (Å²) < 4.78 is 0. The van der Waals surface area contributed by atoms with Gasteiger partial charge in [0.05, 0.1) is 17.7 Å². The van der Waals surface area contributed by atoms with E-state index in [9.17, 15) is 0 Å². The molecule has 0 amide bonds. The Labute approximate surface area is 83.0 Å². The lowest BCUT2D eigenvalue weighted by Gasteiger charge is -2.28. The van der Waals surface area contributed by atoms with Gasteiger partial charge in [-0.05, 0) is 12.3 Å². The molecule has 0 aromatic carbocycles. The van der Waals surface area contributed by atoms with Crippen LogP contribution in [0.2, 0.25) is 0 Å². The molecule has 0 aliphatic carbocycles. The van der Waals surface area contributed by atoms with Crippen molar-refractivity contribution in [1.82, 2.24) is 14.9 Å². The summed E-state index contributed by atoms with van der Waals surface area (Å²) in [7, 11) is 0. The van der Waals surface area contributed by atoms with E-state index in [0.29, 0.717) is 18.6 Å². The molecule has 4 heteroatoms. The molecule has 76 valence electrons. The van der Waals surface area contributed by atoms with Crippen LogP contribution >= 0.6 is 0 Å². The molecular weight excluding hydrogens is 178 g/mol. The van der Waals surface area contributed by atoms with Crippen LogP contribution in [0.1, 0.15) is 17.8 Å². The third-order valence-corrected chi connectivity index (χ3v) is 3.47. The van der Waals surface area contributed by atoms with Crippen molar-refractivity contribution in [2.75, 3.05) is 13.2 Å². The Morgan fingerprint density at radius 1 is 1.64 bits per heavy atom. The molecule has 1 saturated heterocycles. The van der Waals surface area contributed by atoms with Crippen LogP contribution in [0.25, 0.3) is 0 Å². The van der Waals surface area contributed by atoms with Crippen LogP contribution in [0.3, 0.4) is 0 Å². The second-order valence-corrected chi connectivity index (χ2v) is 4.40. The van der Waals surface area contributed by atoms with Gasteiger partial charge in [0.25, 0.3) is 0 Å². The van der Waals surface area contributed by atoms with Crippen molar-refractivity contribution in [3.05, 3.63) is 17.7 Å². The van der Waals surface area contributed by atoms with Gasteiger partial charge in [-0.1, -0.05) is 0 Å².